The number of methoxy groups -OCH3 is 4. The minimum atomic E-state index is -1.62. The van der Waals surface area contributed by atoms with Gasteiger partial charge in [-0.15, -0.1) is 0 Å². The second-order valence-corrected chi connectivity index (χ2v) is 16.6. The molecule has 6 aromatic rings. The van der Waals surface area contributed by atoms with Crippen LogP contribution in [0.25, 0.3) is 32.7 Å². The van der Waals surface area contributed by atoms with E-state index >= 15 is 0 Å². The van der Waals surface area contributed by atoms with Crippen LogP contribution in [-0.4, -0.2) is 40.9 Å². The Balaban J connectivity index is 0.00000107. The zero-order valence-corrected chi connectivity index (χ0v) is 30.2. The number of benzene rings is 6. The Morgan fingerprint density at radius 1 is 0.500 bits per heavy atom. The van der Waals surface area contributed by atoms with Crippen LogP contribution in [0.1, 0.15) is 11.1 Å². The van der Waals surface area contributed by atoms with Crippen LogP contribution in [0.5, 0.6) is 23.0 Å². The third kappa shape index (κ3) is 8.25. The predicted molar refractivity (Wildman–Crippen MR) is 198 cm³/mol. The molecule has 48 heavy (non-hydrogen) atoms. The van der Waals surface area contributed by atoms with E-state index in [1.54, 1.807) is 28.4 Å². The van der Waals surface area contributed by atoms with E-state index in [0.717, 1.165) is 66.7 Å². The van der Waals surface area contributed by atoms with Gasteiger partial charge in [-0.3, -0.25) is 9.98 Å². The van der Waals surface area contributed by atoms with Crippen molar-refractivity contribution in [2.24, 2.45) is 9.98 Å². The van der Waals surface area contributed by atoms with E-state index < -0.39 is 11.4 Å². The van der Waals surface area contributed by atoms with Crippen molar-refractivity contribution < 1.29 is 30.3 Å². The molecular formula is C38H32Cl3CrN2O4. The third-order valence-corrected chi connectivity index (χ3v) is 7.63. The van der Waals surface area contributed by atoms with E-state index in [9.17, 15) is 0 Å². The molecule has 0 saturated heterocycles. The fourth-order valence-corrected chi connectivity index (χ4v) is 5.39. The van der Waals surface area contributed by atoms with Gasteiger partial charge in [0.25, 0.3) is 0 Å². The second kappa shape index (κ2) is 16.7. The minimum absolute atomic E-state index is 0.680. The van der Waals surface area contributed by atoms with E-state index in [1.165, 1.54) is 0 Å². The van der Waals surface area contributed by atoms with Crippen LogP contribution < -0.4 is 18.9 Å². The van der Waals surface area contributed by atoms with Crippen molar-refractivity contribution in [1.29, 1.82) is 0 Å². The molecule has 0 heterocycles. The molecule has 10 heteroatoms. The molecule has 245 valence electrons. The molecule has 0 fully saturated rings. The van der Waals surface area contributed by atoms with Crippen molar-refractivity contribution in [2.75, 3.05) is 28.4 Å². The number of nitrogens with zero attached hydrogens (tertiary/aromatic N) is 2. The maximum atomic E-state index is 5.64. The molecule has 0 aromatic heterocycles. The predicted octanol–water partition coefficient (Wildman–Crippen LogP) is 11.3. The summed E-state index contributed by atoms with van der Waals surface area (Å²) in [5.41, 5.74) is 5.31. The summed E-state index contributed by atoms with van der Waals surface area (Å²) in [6.45, 7) is 0. The summed E-state index contributed by atoms with van der Waals surface area (Å²) in [4.78, 5) is 10.1. The number of ether oxygens (including phenoxy) is 4. The Kier molecular flexibility index (Phi) is 12.2. The van der Waals surface area contributed by atoms with Crippen molar-refractivity contribution in [3.63, 3.8) is 0 Å². The molecule has 0 atom stereocenters. The van der Waals surface area contributed by atoms with Gasteiger partial charge < -0.3 is 18.9 Å². The molecule has 6 aromatic carbocycles. The molecule has 6 nitrogen and oxygen atoms in total. The summed E-state index contributed by atoms with van der Waals surface area (Å²) < 4.78 is 22.0. The topological polar surface area (TPSA) is 61.6 Å². The molecule has 0 unspecified atom stereocenters. The summed E-state index contributed by atoms with van der Waals surface area (Å²) in [6, 6.07) is 36.5. The van der Waals surface area contributed by atoms with E-state index in [0.29, 0.717) is 11.5 Å². The van der Waals surface area contributed by atoms with Gasteiger partial charge in [0.05, 0.1) is 39.8 Å². The third-order valence-electron chi connectivity index (χ3n) is 7.63. The van der Waals surface area contributed by atoms with Gasteiger partial charge in [-0.25, -0.2) is 0 Å². The SMILES string of the molecule is COc1ccc(C=Nc2ccc3ccccc3c2-c2c(N=Cc3ccc(OC)cc3OC)ccc3ccccc23)c(OC)c1.[Cl][Cr]([Cl])[Cl]. The zero-order valence-electron chi connectivity index (χ0n) is 26.6. The van der Waals surface area contributed by atoms with Crippen molar-refractivity contribution in [2.45, 2.75) is 0 Å². The van der Waals surface area contributed by atoms with Gasteiger partial charge in [-0.05, 0) is 57.9 Å². The van der Waals surface area contributed by atoms with Crippen LogP contribution >= 0.6 is 30.1 Å². The Labute approximate surface area is 297 Å². The second-order valence-electron chi connectivity index (χ2n) is 10.3. The number of rotatable bonds is 9. The fourth-order valence-electron chi connectivity index (χ4n) is 5.39. The van der Waals surface area contributed by atoms with Crippen LogP contribution in [-0.2, 0) is 11.4 Å². The van der Waals surface area contributed by atoms with Gasteiger partial charge in [0.2, 0.25) is 0 Å². The number of hydrogen-bond acceptors (Lipinski definition) is 6. The first-order chi connectivity index (χ1) is 23.4. The van der Waals surface area contributed by atoms with Crippen LogP contribution in [0, 0.1) is 0 Å². The summed E-state index contributed by atoms with van der Waals surface area (Å²) in [5, 5.41) is 4.39. The maximum absolute atomic E-state index is 5.64. The first-order valence-corrected chi connectivity index (χ1v) is 19.9. The quantitative estimate of drug-likeness (QED) is 0.139. The van der Waals surface area contributed by atoms with Crippen molar-refractivity contribution in [3.8, 4) is 34.1 Å². The van der Waals surface area contributed by atoms with Crippen molar-refractivity contribution >= 4 is 75.5 Å². The van der Waals surface area contributed by atoms with Crippen LogP contribution in [0.4, 0.5) is 11.4 Å². The first-order valence-electron chi connectivity index (χ1n) is 14.7. The summed E-state index contributed by atoms with van der Waals surface area (Å²) >= 11 is -1.62. The van der Waals surface area contributed by atoms with Gasteiger partial charge in [0.1, 0.15) is 23.0 Å². The van der Waals surface area contributed by atoms with Crippen LogP contribution in [0.15, 0.2) is 119 Å². The van der Waals surface area contributed by atoms with E-state index in [1.807, 2.05) is 48.8 Å². The monoisotopic (exact) mass is 737 g/mol. The van der Waals surface area contributed by atoms with E-state index in [2.05, 4.69) is 72.8 Å². The van der Waals surface area contributed by atoms with E-state index in [4.69, 9.17) is 59.1 Å². The molecule has 0 N–H and O–H groups in total. The Hall–Kier alpha value is -4.22. The molecule has 0 saturated carbocycles. The van der Waals surface area contributed by atoms with Crippen molar-refractivity contribution in [3.05, 3.63) is 120 Å². The van der Waals surface area contributed by atoms with Gasteiger partial charge in [-0.1, -0.05) is 60.7 Å². The molecule has 0 spiro atoms. The average molecular weight is 739 g/mol. The summed E-state index contributed by atoms with van der Waals surface area (Å²) in [7, 11) is 21.4. The van der Waals surface area contributed by atoms with Gasteiger partial charge in [-0.2, -0.15) is 0 Å². The van der Waals surface area contributed by atoms with Gasteiger partial charge >= 0.3 is 41.5 Å². The molecule has 0 aliphatic rings. The molecule has 0 amide bonds. The normalized spacial score (nSPS) is 11.2. The first kappa shape index (κ1) is 35.1. The molecule has 0 aliphatic heterocycles. The zero-order chi connectivity index (χ0) is 34.0. The molecule has 0 bridgehead atoms. The molecule has 0 radical (unpaired) electrons. The standard InChI is InChI=1S/C38H32N2O4.3ClH.Cr/c1-41-29-17-13-27(35(21-29)43-3)23-39-33-19-15-25-9-5-7-11-31(25)37(33)38-32-12-8-6-10-26(32)16-20-34(38)40-24-28-14-18-30(42-2)22-36(28)44-4;;;;/h5-24H,1-4H3;3*1H;/q;;;;+3/p-3. The number of aliphatic imine (C=N–C) groups is 2. The number of hydrogen-bond donors (Lipinski definition) is 0. The Morgan fingerprint density at radius 3 is 1.27 bits per heavy atom. The molecule has 6 rings (SSSR count). The molecule has 0 aliphatic carbocycles. The molecular weight excluding hydrogens is 707 g/mol. The Morgan fingerprint density at radius 2 is 0.896 bits per heavy atom. The van der Waals surface area contributed by atoms with Gasteiger partial charge in [0, 0.05) is 46.8 Å². The Bertz CT molecular complexity index is 1950. The van der Waals surface area contributed by atoms with Gasteiger partial charge in [0.15, 0.2) is 0 Å². The number of halogens is 3. The summed E-state index contributed by atoms with van der Waals surface area (Å²) in [5.74, 6) is 2.80. The average Bonchev–Trinajstić information content (AvgIpc) is 3.12. The van der Waals surface area contributed by atoms with E-state index in [-0.39, 0.29) is 0 Å². The summed E-state index contributed by atoms with van der Waals surface area (Å²) in [6.07, 6.45) is 3.67. The van der Waals surface area contributed by atoms with Crippen molar-refractivity contribution in [1.82, 2.24) is 0 Å². The van der Waals surface area contributed by atoms with Crippen LogP contribution in [0.3, 0.4) is 0 Å². The number of fused-ring (bicyclic) bond motifs is 2. The van der Waals surface area contributed by atoms with Crippen LogP contribution in [0.2, 0.25) is 0 Å². The fraction of sp³-hybridized carbons (Fsp3) is 0.105.